The van der Waals surface area contributed by atoms with Crippen molar-refractivity contribution in [3.05, 3.63) is 127 Å². The van der Waals surface area contributed by atoms with Crippen LogP contribution in [0.3, 0.4) is 0 Å². The quantitative estimate of drug-likeness (QED) is 0.276. The minimum absolute atomic E-state index is 0.722. The van der Waals surface area contributed by atoms with E-state index in [0.29, 0.717) is 0 Å². The third-order valence-electron chi connectivity index (χ3n) is 5.67. The van der Waals surface area contributed by atoms with E-state index in [1.807, 2.05) is 72.8 Å². The van der Waals surface area contributed by atoms with Crippen LogP contribution in [-0.4, -0.2) is 4.57 Å². The molecular weight excluding hydrogens is 406 g/mol. The van der Waals surface area contributed by atoms with Crippen LogP contribution in [0, 0.1) is 0 Å². The first-order chi connectivity index (χ1) is 16.4. The second kappa shape index (κ2) is 8.21. The van der Waals surface area contributed by atoms with Gasteiger partial charge in [-0.05, 0) is 42.5 Å². The SMILES string of the molecule is c1ccc(Oc2cc(Oc3ccccc3)c3c4ccccc4n(-c4ccccc4)c3c2)cc1. The van der Waals surface area contributed by atoms with Gasteiger partial charge in [0.25, 0.3) is 0 Å². The minimum Gasteiger partial charge on any atom is -0.457 e. The molecule has 6 aromatic rings. The highest BCUT2D eigenvalue weighted by Crippen LogP contribution is 2.42. The van der Waals surface area contributed by atoms with Crippen LogP contribution in [0.15, 0.2) is 127 Å². The van der Waals surface area contributed by atoms with Gasteiger partial charge in [0.1, 0.15) is 23.0 Å². The summed E-state index contributed by atoms with van der Waals surface area (Å²) < 4.78 is 15.0. The standard InChI is InChI=1S/C30H21NO2/c1-4-12-22(13-5-1)31-27-19-11-10-18-26(27)30-28(31)20-25(32-23-14-6-2-7-15-23)21-29(30)33-24-16-8-3-9-17-24/h1-21H. The van der Waals surface area contributed by atoms with Crippen LogP contribution in [0.1, 0.15) is 0 Å². The monoisotopic (exact) mass is 427 g/mol. The van der Waals surface area contributed by atoms with Crippen molar-refractivity contribution in [2.75, 3.05) is 0 Å². The number of hydrogen-bond acceptors (Lipinski definition) is 2. The fraction of sp³-hybridized carbons (Fsp3) is 0. The first-order valence-electron chi connectivity index (χ1n) is 11.0. The lowest BCUT2D eigenvalue weighted by Crippen LogP contribution is -1.94. The summed E-state index contributed by atoms with van der Waals surface area (Å²) in [6.07, 6.45) is 0. The molecule has 3 nitrogen and oxygen atoms in total. The second-order valence-electron chi connectivity index (χ2n) is 7.83. The Morgan fingerprint density at radius 2 is 1.03 bits per heavy atom. The highest BCUT2D eigenvalue weighted by atomic mass is 16.5. The van der Waals surface area contributed by atoms with E-state index >= 15 is 0 Å². The van der Waals surface area contributed by atoms with E-state index in [0.717, 1.165) is 50.5 Å². The molecule has 158 valence electrons. The van der Waals surface area contributed by atoms with Crippen molar-refractivity contribution in [3.63, 3.8) is 0 Å². The summed E-state index contributed by atoms with van der Waals surface area (Å²) >= 11 is 0. The largest absolute Gasteiger partial charge is 0.457 e. The van der Waals surface area contributed by atoms with Crippen LogP contribution in [0.5, 0.6) is 23.0 Å². The zero-order chi connectivity index (χ0) is 22.0. The molecule has 6 rings (SSSR count). The number of rotatable bonds is 5. The summed E-state index contributed by atoms with van der Waals surface area (Å²) in [5.41, 5.74) is 3.24. The van der Waals surface area contributed by atoms with E-state index in [4.69, 9.17) is 9.47 Å². The van der Waals surface area contributed by atoms with E-state index in [9.17, 15) is 0 Å². The molecule has 0 N–H and O–H groups in total. The lowest BCUT2D eigenvalue weighted by molar-refractivity contribution is 0.464. The van der Waals surface area contributed by atoms with Gasteiger partial charge in [-0.1, -0.05) is 72.8 Å². The lowest BCUT2D eigenvalue weighted by atomic mass is 10.1. The fourth-order valence-corrected chi connectivity index (χ4v) is 4.27. The molecule has 1 heterocycles. The molecule has 0 aliphatic carbocycles. The number of fused-ring (bicyclic) bond motifs is 3. The van der Waals surface area contributed by atoms with Gasteiger partial charge in [0.05, 0.1) is 16.4 Å². The molecule has 33 heavy (non-hydrogen) atoms. The average Bonchev–Trinajstić information content (AvgIpc) is 3.20. The number of benzene rings is 5. The Balaban J connectivity index is 1.64. The summed E-state index contributed by atoms with van der Waals surface area (Å²) in [5, 5.41) is 2.19. The molecule has 0 bridgehead atoms. The number of para-hydroxylation sites is 4. The zero-order valence-electron chi connectivity index (χ0n) is 17.9. The maximum absolute atomic E-state index is 6.43. The second-order valence-corrected chi connectivity index (χ2v) is 7.83. The number of hydrogen-bond donors (Lipinski definition) is 0. The molecular formula is C30H21NO2. The molecule has 0 radical (unpaired) electrons. The number of nitrogens with zero attached hydrogens (tertiary/aromatic N) is 1. The van der Waals surface area contributed by atoms with Gasteiger partial charge in [0.15, 0.2) is 0 Å². The smallest absolute Gasteiger partial charge is 0.141 e. The van der Waals surface area contributed by atoms with Gasteiger partial charge >= 0.3 is 0 Å². The van der Waals surface area contributed by atoms with E-state index in [1.54, 1.807) is 0 Å². The third kappa shape index (κ3) is 3.60. The Kier molecular flexibility index (Phi) is 4.78. The van der Waals surface area contributed by atoms with Crippen molar-refractivity contribution in [2.24, 2.45) is 0 Å². The predicted octanol–water partition coefficient (Wildman–Crippen LogP) is 8.37. The molecule has 0 aliphatic heterocycles. The molecule has 0 saturated carbocycles. The van der Waals surface area contributed by atoms with Crippen LogP contribution in [-0.2, 0) is 0 Å². The molecule has 0 spiro atoms. The van der Waals surface area contributed by atoms with Crippen molar-refractivity contribution in [1.82, 2.24) is 4.57 Å². The third-order valence-corrected chi connectivity index (χ3v) is 5.67. The normalized spacial score (nSPS) is 11.0. The molecule has 0 fully saturated rings. The molecule has 0 atom stereocenters. The van der Waals surface area contributed by atoms with Gasteiger partial charge in [0, 0.05) is 23.2 Å². The first-order valence-corrected chi connectivity index (χ1v) is 11.0. The van der Waals surface area contributed by atoms with Crippen LogP contribution in [0.25, 0.3) is 27.5 Å². The molecule has 5 aromatic carbocycles. The topological polar surface area (TPSA) is 23.4 Å². The van der Waals surface area contributed by atoms with E-state index < -0.39 is 0 Å². The average molecular weight is 428 g/mol. The summed E-state index contributed by atoms with van der Waals surface area (Å²) in [6, 6.07) is 42.6. The molecule has 0 unspecified atom stereocenters. The molecule has 0 aliphatic rings. The van der Waals surface area contributed by atoms with Crippen molar-refractivity contribution in [2.45, 2.75) is 0 Å². The van der Waals surface area contributed by atoms with Gasteiger partial charge in [-0.15, -0.1) is 0 Å². The highest BCUT2D eigenvalue weighted by Gasteiger charge is 2.18. The highest BCUT2D eigenvalue weighted by molar-refractivity contribution is 6.12. The Morgan fingerprint density at radius 1 is 0.455 bits per heavy atom. The van der Waals surface area contributed by atoms with Crippen LogP contribution in [0.4, 0.5) is 0 Å². The molecule has 0 amide bonds. The summed E-state index contributed by atoms with van der Waals surface area (Å²) in [6.45, 7) is 0. The molecule has 1 aromatic heterocycles. The number of ether oxygens (including phenoxy) is 2. The van der Waals surface area contributed by atoms with Gasteiger partial charge in [-0.25, -0.2) is 0 Å². The number of aromatic nitrogens is 1. The summed E-state index contributed by atoms with van der Waals surface area (Å²) in [5.74, 6) is 3.05. The Labute approximate surface area is 192 Å². The fourth-order valence-electron chi connectivity index (χ4n) is 4.27. The Hall–Kier alpha value is -4.50. The zero-order valence-corrected chi connectivity index (χ0v) is 17.9. The van der Waals surface area contributed by atoms with E-state index in [-0.39, 0.29) is 0 Å². The van der Waals surface area contributed by atoms with E-state index in [1.165, 1.54) is 0 Å². The lowest BCUT2D eigenvalue weighted by Gasteiger charge is -2.13. The maximum atomic E-state index is 6.43. The van der Waals surface area contributed by atoms with Crippen molar-refractivity contribution >= 4 is 21.8 Å². The molecule has 0 saturated heterocycles. The first kappa shape index (κ1) is 19.2. The Morgan fingerprint density at radius 3 is 1.73 bits per heavy atom. The Bertz CT molecular complexity index is 1540. The maximum Gasteiger partial charge on any atom is 0.141 e. The predicted molar refractivity (Wildman–Crippen MR) is 134 cm³/mol. The van der Waals surface area contributed by atoms with E-state index in [2.05, 4.69) is 59.2 Å². The van der Waals surface area contributed by atoms with Gasteiger partial charge < -0.3 is 14.0 Å². The van der Waals surface area contributed by atoms with Crippen molar-refractivity contribution in [3.8, 4) is 28.7 Å². The van der Waals surface area contributed by atoms with Crippen molar-refractivity contribution in [1.29, 1.82) is 0 Å². The van der Waals surface area contributed by atoms with Gasteiger partial charge in [-0.3, -0.25) is 0 Å². The van der Waals surface area contributed by atoms with Gasteiger partial charge in [0.2, 0.25) is 0 Å². The van der Waals surface area contributed by atoms with Crippen molar-refractivity contribution < 1.29 is 9.47 Å². The summed E-state index contributed by atoms with van der Waals surface area (Å²) in [4.78, 5) is 0. The van der Waals surface area contributed by atoms with Gasteiger partial charge in [-0.2, -0.15) is 0 Å². The minimum atomic E-state index is 0.722. The van der Waals surface area contributed by atoms with Crippen LogP contribution >= 0.6 is 0 Å². The molecule has 3 heteroatoms. The summed E-state index contributed by atoms with van der Waals surface area (Å²) in [7, 11) is 0. The van der Waals surface area contributed by atoms with Crippen LogP contribution < -0.4 is 9.47 Å². The van der Waals surface area contributed by atoms with Crippen LogP contribution in [0.2, 0.25) is 0 Å².